The molecule has 0 amide bonds. The number of rotatable bonds is 7. The number of hydrogen-bond acceptors (Lipinski definition) is 4. The molecule has 0 spiro atoms. The maximum absolute atomic E-state index is 11.7. The maximum atomic E-state index is 11.7. The van der Waals surface area contributed by atoms with E-state index in [4.69, 9.17) is 4.74 Å². The third-order valence-corrected chi connectivity index (χ3v) is 3.15. The number of nitrogens with one attached hydrogen (secondary N) is 1. The van der Waals surface area contributed by atoms with Crippen molar-refractivity contribution < 1.29 is 9.53 Å². The van der Waals surface area contributed by atoms with E-state index in [0.29, 0.717) is 18.5 Å². The first-order valence-electron chi connectivity index (χ1n) is 6.33. The number of esters is 1. The predicted molar refractivity (Wildman–Crippen MR) is 71.0 cm³/mol. The van der Waals surface area contributed by atoms with E-state index in [1.54, 1.807) is 0 Å². The molecule has 0 rings (SSSR count). The number of likely N-dealkylation sites (N-methyl/N-ethyl adjacent to an activating group) is 1. The Kier molecular flexibility index (Phi) is 7.39. The Hall–Kier alpha value is -0.610. The van der Waals surface area contributed by atoms with E-state index < -0.39 is 0 Å². The Bertz CT molecular complexity index is 229. The monoisotopic (exact) mass is 244 g/mol. The van der Waals surface area contributed by atoms with Crippen LogP contribution in [0.3, 0.4) is 0 Å². The number of hydrogen-bond donors (Lipinski definition) is 1. The third-order valence-electron chi connectivity index (χ3n) is 3.15. The van der Waals surface area contributed by atoms with Crippen LogP contribution in [0, 0.1) is 5.92 Å². The molecule has 0 aliphatic rings. The minimum Gasteiger partial charge on any atom is -0.468 e. The second-order valence-electron chi connectivity index (χ2n) is 5.32. The first kappa shape index (κ1) is 16.4. The van der Waals surface area contributed by atoms with Crippen LogP contribution in [0.2, 0.25) is 0 Å². The first-order chi connectivity index (χ1) is 7.79. The molecule has 0 aromatic rings. The van der Waals surface area contributed by atoms with Crippen LogP contribution >= 0.6 is 0 Å². The molecule has 2 atom stereocenters. The van der Waals surface area contributed by atoms with Crippen LogP contribution in [0.5, 0.6) is 0 Å². The predicted octanol–water partition coefficient (Wildman–Crippen LogP) is 1.50. The van der Waals surface area contributed by atoms with Gasteiger partial charge in [0, 0.05) is 18.6 Å². The molecule has 0 radical (unpaired) electrons. The average molecular weight is 244 g/mol. The minimum absolute atomic E-state index is 0.193. The maximum Gasteiger partial charge on any atom is 0.324 e. The number of carbonyl (C=O) groups is 1. The van der Waals surface area contributed by atoms with Gasteiger partial charge in [-0.1, -0.05) is 27.7 Å². The van der Waals surface area contributed by atoms with Crippen LogP contribution in [0.4, 0.5) is 0 Å². The SMILES string of the molecule is COC(=O)C(CN(C)C(C)C(C)C)NC(C)C. The summed E-state index contributed by atoms with van der Waals surface area (Å²) >= 11 is 0. The molecule has 4 heteroatoms. The van der Waals surface area contributed by atoms with Gasteiger partial charge >= 0.3 is 5.97 Å². The van der Waals surface area contributed by atoms with Crippen molar-refractivity contribution in [3.8, 4) is 0 Å². The Morgan fingerprint density at radius 3 is 2.12 bits per heavy atom. The molecular formula is C13H28N2O2. The molecule has 0 aromatic carbocycles. The van der Waals surface area contributed by atoms with Crippen molar-refractivity contribution in [2.45, 2.75) is 52.7 Å². The zero-order valence-electron chi connectivity index (χ0n) is 12.3. The lowest BCUT2D eigenvalue weighted by Gasteiger charge is -2.31. The normalized spacial score (nSPS) is 15.4. The fourth-order valence-electron chi connectivity index (χ4n) is 1.70. The van der Waals surface area contributed by atoms with Gasteiger partial charge in [0.25, 0.3) is 0 Å². The average Bonchev–Trinajstić information content (AvgIpc) is 2.24. The summed E-state index contributed by atoms with van der Waals surface area (Å²) in [6.07, 6.45) is 0. The zero-order chi connectivity index (χ0) is 13.6. The van der Waals surface area contributed by atoms with Crippen molar-refractivity contribution in [2.75, 3.05) is 20.7 Å². The quantitative estimate of drug-likeness (QED) is 0.689. The van der Waals surface area contributed by atoms with E-state index in [9.17, 15) is 4.79 Å². The summed E-state index contributed by atoms with van der Waals surface area (Å²) in [5.74, 6) is 0.374. The lowest BCUT2D eigenvalue weighted by atomic mass is 10.0. The van der Waals surface area contributed by atoms with Gasteiger partial charge in [0.1, 0.15) is 6.04 Å². The standard InChI is InChI=1S/C13H28N2O2/c1-9(2)11(5)15(6)8-12(13(16)17-7)14-10(3)4/h9-12,14H,8H2,1-7H3. The van der Waals surface area contributed by atoms with Gasteiger partial charge in [0.2, 0.25) is 0 Å². The van der Waals surface area contributed by atoms with Crippen LogP contribution < -0.4 is 5.32 Å². The Morgan fingerprint density at radius 2 is 1.76 bits per heavy atom. The van der Waals surface area contributed by atoms with E-state index in [0.717, 1.165) is 0 Å². The first-order valence-corrected chi connectivity index (χ1v) is 6.33. The van der Waals surface area contributed by atoms with Gasteiger partial charge in [-0.05, 0) is 19.9 Å². The molecule has 0 fully saturated rings. The Labute approximate surface area is 106 Å². The second-order valence-corrected chi connectivity index (χ2v) is 5.32. The Morgan fingerprint density at radius 1 is 1.24 bits per heavy atom. The van der Waals surface area contributed by atoms with Crippen LogP contribution in [0.15, 0.2) is 0 Å². The number of methoxy groups -OCH3 is 1. The fourth-order valence-corrected chi connectivity index (χ4v) is 1.70. The molecule has 17 heavy (non-hydrogen) atoms. The second kappa shape index (κ2) is 7.67. The van der Waals surface area contributed by atoms with Gasteiger partial charge < -0.3 is 15.0 Å². The molecule has 102 valence electrons. The van der Waals surface area contributed by atoms with Gasteiger partial charge in [-0.25, -0.2) is 0 Å². The zero-order valence-corrected chi connectivity index (χ0v) is 12.3. The van der Waals surface area contributed by atoms with Crippen molar-refractivity contribution in [1.82, 2.24) is 10.2 Å². The number of ether oxygens (including phenoxy) is 1. The van der Waals surface area contributed by atoms with Gasteiger partial charge in [0.05, 0.1) is 7.11 Å². The van der Waals surface area contributed by atoms with Crippen LogP contribution in [0.25, 0.3) is 0 Å². The van der Waals surface area contributed by atoms with Crippen molar-refractivity contribution in [3.05, 3.63) is 0 Å². The molecule has 0 aliphatic heterocycles. The fraction of sp³-hybridized carbons (Fsp3) is 0.923. The van der Waals surface area contributed by atoms with Gasteiger partial charge in [-0.2, -0.15) is 0 Å². The highest BCUT2D eigenvalue weighted by molar-refractivity contribution is 5.75. The molecule has 0 saturated heterocycles. The van der Waals surface area contributed by atoms with E-state index >= 15 is 0 Å². The summed E-state index contributed by atoms with van der Waals surface area (Å²) in [4.78, 5) is 13.9. The molecule has 0 aliphatic carbocycles. The van der Waals surface area contributed by atoms with Gasteiger partial charge in [-0.15, -0.1) is 0 Å². The largest absolute Gasteiger partial charge is 0.468 e. The highest BCUT2D eigenvalue weighted by atomic mass is 16.5. The van der Waals surface area contributed by atoms with Crippen molar-refractivity contribution >= 4 is 5.97 Å². The lowest BCUT2D eigenvalue weighted by Crippen LogP contribution is -2.50. The minimum atomic E-state index is -0.258. The summed E-state index contributed by atoms with van der Waals surface area (Å²) in [7, 11) is 3.48. The van der Waals surface area contributed by atoms with Crippen molar-refractivity contribution in [1.29, 1.82) is 0 Å². The molecule has 0 heterocycles. The van der Waals surface area contributed by atoms with Crippen molar-refractivity contribution in [2.24, 2.45) is 5.92 Å². The highest BCUT2D eigenvalue weighted by Gasteiger charge is 2.24. The molecule has 2 unspecified atom stereocenters. The number of carbonyl (C=O) groups excluding carboxylic acids is 1. The van der Waals surface area contributed by atoms with Crippen molar-refractivity contribution in [3.63, 3.8) is 0 Å². The third kappa shape index (κ3) is 6.03. The van der Waals surface area contributed by atoms with E-state index in [2.05, 4.69) is 31.0 Å². The summed E-state index contributed by atoms with van der Waals surface area (Å²) in [5.41, 5.74) is 0. The molecule has 0 saturated carbocycles. The van der Waals surface area contributed by atoms with E-state index in [1.165, 1.54) is 7.11 Å². The summed E-state index contributed by atoms with van der Waals surface area (Å²) in [6, 6.07) is 0.448. The lowest BCUT2D eigenvalue weighted by molar-refractivity contribution is -0.144. The summed E-state index contributed by atoms with van der Waals surface area (Å²) in [5, 5.41) is 3.24. The highest BCUT2D eigenvalue weighted by Crippen LogP contribution is 2.09. The molecule has 0 aromatic heterocycles. The van der Waals surface area contributed by atoms with E-state index in [1.807, 2.05) is 20.9 Å². The summed E-state index contributed by atoms with van der Waals surface area (Å²) in [6.45, 7) is 11.3. The van der Waals surface area contributed by atoms with E-state index in [-0.39, 0.29) is 18.1 Å². The molecule has 4 nitrogen and oxygen atoms in total. The molecule has 1 N–H and O–H groups in total. The van der Waals surface area contributed by atoms with Crippen LogP contribution in [-0.4, -0.2) is 49.7 Å². The number of nitrogens with zero attached hydrogens (tertiary/aromatic N) is 1. The van der Waals surface area contributed by atoms with Crippen LogP contribution in [0.1, 0.15) is 34.6 Å². The van der Waals surface area contributed by atoms with Crippen LogP contribution in [-0.2, 0) is 9.53 Å². The van der Waals surface area contributed by atoms with Gasteiger partial charge in [-0.3, -0.25) is 4.79 Å². The smallest absolute Gasteiger partial charge is 0.324 e. The van der Waals surface area contributed by atoms with Gasteiger partial charge in [0.15, 0.2) is 0 Å². The molecule has 0 bridgehead atoms. The Balaban J connectivity index is 4.47. The topological polar surface area (TPSA) is 41.6 Å². The summed E-state index contributed by atoms with van der Waals surface area (Å²) < 4.78 is 4.83. The molecular weight excluding hydrogens is 216 g/mol.